The topological polar surface area (TPSA) is 140 Å². The number of carbonyl (C=O) groups is 1. The molecule has 0 radical (unpaired) electrons. The highest BCUT2D eigenvalue weighted by atomic mass is 32.2. The van der Waals surface area contributed by atoms with Crippen molar-refractivity contribution in [3.05, 3.63) is 137 Å². The fraction of sp³-hybridized carbons (Fsp3) is 0.550. The summed E-state index contributed by atoms with van der Waals surface area (Å²) in [6.07, 6.45) is 4.51. The lowest BCUT2D eigenvalue weighted by Gasteiger charge is -2.45. The van der Waals surface area contributed by atoms with Gasteiger partial charge in [-0.05, 0) is 115 Å². The van der Waals surface area contributed by atoms with Crippen LogP contribution in [0.15, 0.2) is 125 Å². The first-order valence-electron chi connectivity index (χ1n) is 27.1. The van der Waals surface area contributed by atoms with Gasteiger partial charge in [0.25, 0.3) is 8.32 Å². The van der Waals surface area contributed by atoms with Crippen LogP contribution in [0, 0.1) is 5.92 Å². The van der Waals surface area contributed by atoms with E-state index in [0.29, 0.717) is 41.9 Å². The maximum atomic E-state index is 14.7. The van der Waals surface area contributed by atoms with Crippen LogP contribution in [0.4, 0.5) is 0 Å². The average molecular weight is 1110 g/mol. The van der Waals surface area contributed by atoms with Gasteiger partial charge >= 0.3 is 5.97 Å². The lowest BCUT2D eigenvalue weighted by molar-refractivity contribution is -0.152. The molecule has 1 fully saturated rings. The van der Waals surface area contributed by atoms with Gasteiger partial charge in [0.2, 0.25) is 0 Å². The van der Waals surface area contributed by atoms with Gasteiger partial charge in [-0.2, -0.15) is 0 Å². The Bertz CT molecular complexity index is 2470. The van der Waals surface area contributed by atoms with Crippen LogP contribution in [0.3, 0.4) is 0 Å². The Morgan fingerprint density at radius 1 is 0.789 bits per heavy atom. The van der Waals surface area contributed by atoms with Crippen molar-refractivity contribution in [2.75, 3.05) is 33.7 Å². The first-order chi connectivity index (χ1) is 35.7. The second-order valence-electron chi connectivity index (χ2n) is 24.2. The minimum absolute atomic E-state index is 0.00533. The van der Waals surface area contributed by atoms with Crippen LogP contribution in [0.1, 0.15) is 110 Å². The molecule has 0 amide bonds. The van der Waals surface area contributed by atoms with E-state index in [1.165, 1.54) is 10.4 Å². The molecular weight excluding hydrogens is 1020 g/mol. The van der Waals surface area contributed by atoms with E-state index >= 15 is 0 Å². The minimum Gasteiger partial charge on any atom is -0.493 e. The molecule has 16 heteroatoms. The van der Waals surface area contributed by atoms with E-state index in [0.717, 1.165) is 10.9 Å². The highest BCUT2D eigenvalue weighted by Gasteiger charge is 2.52. The van der Waals surface area contributed by atoms with Gasteiger partial charge in [0.1, 0.15) is 23.2 Å². The highest BCUT2D eigenvalue weighted by molar-refractivity contribution is 7.99. The van der Waals surface area contributed by atoms with Gasteiger partial charge in [-0.15, -0.1) is 11.8 Å². The van der Waals surface area contributed by atoms with E-state index in [4.69, 9.17) is 42.8 Å². The van der Waals surface area contributed by atoms with Crippen molar-refractivity contribution in [3.8, 4) is 11.5 Å². The van der Waals surface area contributed by atoms with Crippen LogP contribution in [0.5, 0.6) is 11.5 Å². The first kappa shape index (κ1) is 62.6. The molecule has 0 aromatic heterocycles. The molecule has 1 heterocycles. The van der Waals surface area contributed by atoms with E-state index in [2.05, 4.69) is 183 Å². The number of rotatable bonds is 28. The van der Waals surface area contributed by atoms with Crippen LogP contribution < -0.4 is 19.8 Å². The summed E-state index contributed by atoms with van der Waals surface area (Å²) in [4.78, 5) is 18.6. The Labute approximate surface area is 463 Å². The normalized spacial score (nSPS) is 17.9. The lowest BCUT2D eigenvalue weighted by Crippen LogP contribution is -2.67. The number of nitrogens with zero attached hydrogens (tertiary/aromatic N) is 3. The molecule has 6 atom stereocenters. The van der Waals surface area contributed by atoms with Gasteiger partial charge < -0.3 is 37.3 Å². The van der Waals surface area contributed by atoms with E-state index < -0.39 is 54.8 Å². The molecule has 1 saturated heterocycles. The van der Waals surface area contributed by atoms with Gasteiger partial charge in [-0.3, -0.25) is 0 Å². The summed E-state index contributed by atoms with van der Waals surface area (Å²) >= 11 is 1.64. The van der Waals surface area contributed by atoms with Crippen LogP contribution in [0.2, 0.25) is 48.9 Å². The third-order valence-corrected chi connectivity index (χ3v) is 27.1. The van der Waals surface area contributed by atoms with E-state index in [-0.39, 0.29) is 53.9 Å². The summed E-state index contributed by atoms with van der Waals surface area (Å²) < 4.78 is 53.3. The van der Waals surface area contributed by atoms with Crippen LogP contribution >= 0.6 is 11.8 Å². The number of benzene rings is 4. The second-order valence-corrected chi connectivity index (χ2v) is 40.1. The lowest BCUT2D eigenvalue weighted by atomic mass is 9.95. The molecule has 2 unspecified atom stereocenters. The van der Waals surface area contributed by atoms with Gasteiger partial charge in [0.15, 0.2) is 20.9 Å². The monoisotopic (exact) mass is 1110 g/mol. The summed E-state index contributed by atoms with van der Waals surface area (Å²) in [6, 6.07) is 36.1. The van der Waals surface area contributed by atoms with Crippen LogP contribution in [-0.4, -0.2) is 94.5 Å². The summed E-state index contributed by atoms with van der Waals surface area (Å²) in [5.41, 5.74) is 9.94. The van der Waals surface area contributed by atoms with Gasteiger partial charge in [-0.1, -0.05) is 164 Å². The molecule has 4 aromatic carbocycles. The Morgan fingerprint density at radius 2 is 1.38 bits per heavy atom. The van der Waals surface area contributed by atoms with E-state index in [9.17, 15) is 4.79 Å². The van der Waals surface area contributed by atoms with E-state index in [1.54, 1.807) is 24.9 Å². The van der Waals surface area contributed by atoms with Crippen molar-refractivity contribution in [1.29, 1.82) is 0 Å². The molecule has 1 aliphatic rings. The van der Waals surface area contributed by atoms with Gasteiger partial charge in [0.05, 0.1) is 25.4 Å². The number of methoxy groups -OCH3 is 1. The third-order valence-electron chi connectivity index (χ3n) is 14.5. The number of thioether (sulfide) groups is 1. The number of esters is 1. The molecule has 0 aliphatic carbocycles. The number of hydrogen-bond acceptors (Lipinski definition) is 11. The molecule has 0 N–H and O–H groups in total. The average Bonchev–Trinajstić information content (AvgIpc) is 3.70. The summed E-state index contributed by atoms with van der Waals surface area (Å²) in [5.74, 6) is -0.571. The Hall–Kier alpha value is -4.20. The van der Waals surface area contributed by atoms with Crippen LogP contribution in [0.25, 0.3) is 10.4 Å². The van der Waals surface area contributed by atoms with Crippen molar-refractivity contribution in [2.45, 2.75) is 178 Å². The van der Waals surface area contributed by atoms with Crippen molar-refractivity contribution in [2.24, 2.45) is 11.0 Å². The Balaban J connectivity index is 1.59. The zero-order chi connectivity index (χ0) is 56.0. The van der Waals surface area contributed by atoms with Crippen LogP contribution in [-0.2, 0) is 27.8 Å². The second kappa shape index (κ2) is 27.6. The van der Waals surface area contributed by atoms with Gasteiger partial charge in [0, 0.05) is 48.5 Å². The largest absolute Gasteiger partial charge is 0.493 e. The van der Waals surface area contributed by atoms with Crippen molar-refractivity contribution < 1.29 is 42.1 Å². The molecule has 4 aromatic rings. The predicted molar refractivity (Wildman–Crippen MR) is 318 cm³/mol. The third kappa shape index (κ3) is 17.1. The SMILES string of the molecule is COCOc1ccc(OCCCN=[N+]=[N-])c(C(CC[C@H]2OC(C)(C)O[C@@H]2C(/C=C\[C@H](C)[C@H](C)O[Si](c2ccccc2)(c2ccccc2)C(C)(C)C)O[Si](C)(C)C(C)(C)C)Sc2ccccc2)c1C(=O)OCC[Si](C)(C)C. The van der Waals surface area contributed by atoms with Crippen molar-refractivity contribution in [1.82, 2.24) is 0 Å². The number of hydrogen-bond donors (Lipinski definition) is 0. The standard InChI is InChI=1S/C60H89N3O9SSi3/c1-44(45(2)71-76(59(6,7)8,47-29-22-18-23-30-47)48-31-24-19-25-32-48)33-34-52(72-75(15,16)58(3,4)5)56-51(69-60(9,10)70-56)37-38-53(73-46-27-20-17-21-28-46)54-49(66-40-26-39-62-63-61)35-36-50(68-43-65-11)55(54)57(64)67-41-42-74(12,13)14/h17-25,27-36,44-45,51-53,56H,26,37-43H2,1-16H3/b34-33-/t44-,45-,51+,52?,53?,56-/m0/s1. The molecule has 12 nitrogen and oxygen atoms in total. The number of ether oxygens (including phenoxy) is 6. The Kier molecular flexibility index (Phi) is 22.7. The van der Waals surface area contributed by atoms with Gasteiger partial charge in [-0.25, -0.2) is 4.79 Å². The number of azide groups is 1. The predicted octanol–water partition coefficient (Wildman–Crippen LogP) is 14.9. The smallest absolute Gasteiger partial charge is 0.342 e. The molecule has 76 heavy (non-hydrogen) atoms. The maximum Gasteiger partial charge on any atom is 0.342 e. The maximum absolute atomic E-state index is 14.7. The molecule has 0 bridgehead atoms. The Morgan fingerprint density at radius 3 is 1.93 bits per heavy atom. The minimum atomic E-state index is -2.85. The van der Waals surface area contributed by atoms with E-state index in [1.807, 2.05) is 38.1 Å². The van der Waals surface area contributed by atoms with Crippen molar-refractivity contribution in [3.63, 3.8) is 0 Å². The molecule has 5 rings (SSSR count). The quantitative estimate of drug-likeness (QED) is 0.00621. The molecule has 0 saturated carbocycles. The summed E-state index contributed by atoms with van der Waals surface area (Å²) in [6.45, 7) is 34.2. The zero-order valence-electron chi connectivity index (χ0n) is 48.5. The highest BCUT2D eigenvalue weighted by Crippen LogP contribution is 2.49. The van der Waals surface area contributed by atoms with Crippen molar-refractivity contribution >= 4 is 52.8 Å². The fourth-order valence-corrected chi connectivity index (χ4v) is 17.2. The summed E-state index contributed by atoms with van der Waals surface area (Å²) in [7, 11) is -5.30. The first-order valence-corrected chi connectivity index (χ1v) is 36.5. The number of carbonyl (C=O) groups excluding carboxylic acids is 1. The molecule has 0 spiro atoms. The molecule has 416 valence electrons. The molecule has 1 aliphatic heterocycles. The summed E-state index contributed by atoms with van der Waals surface area (Å²) in [5, 5.41) is 5.56. The molecular formula is C60H89N3O9SSi3. The zero-order valence-corrected chi connectivity index (χ0v) is 52.3. The fourth-order valence-electron chi connectivity index (χ4n) is 9.22.